The molecule has 2 N–H and O–H groups in total. The van der Waals surface area contributed by atoms with Crippen LogP contribution in [0.1, 0.15) is 26.7 Å². The van der Waals surface area contributed by atoms with Crippen LogP contribution in [0.15, 0.2) is 0 Å². The van der Waals surface area contributed by atoms with E-state index < -0.39 is 0 Å². The first-order valence-corrected chi connectivity index (χ1v) is 4.60. The molecule has 0 aromatic rings. The molecule has 4 heteroatoms. The first-order valence-electron chi connectivity index (χ1n) is 4.60. The molecule has 0 aromatic heterocycles. The second-order valence-electron chi connectivity index (χ2n) is 3.61. The van der Waals surface area contributed by atoms with E-state index in [1.807, 2.05) is 0 Å². The number of nitrogens with zero attached hydrogens (tertiary/aromatic N) is 1. The minimum absolute atomic E-state index is 0.0231. The highest BCUT2D eigenvalue weighted by Gasteiger charge is 2.33. The average Bonchev–Trinajstić information content (AvgIpc) is 2.50. The van der Waals surface area contributed by atoms with Gasteiger partial charge in [0.2, 0.25) is 11.8 Å². The quantitative estimate of drug-likeness (QED) is 0.662. The summed E-state index contributed by atoms with van der Waals surface area (Å²) < 4.78 is 0. The predicted octanol–water partition coefficient (Wildman–Crippen LogP) is 0.119. The summed E-state index contributed by atoms with van der Waals surface area (Å²) in [5, 5.41) is 0. The molecule has 1 aliphatic rings. The van der Waals surface area contributed by atoms with Gasteiger partial charge in [0.1, 0.15) is 0 Å². The van der Waals surface area contributed by atoms with E-state index in [1.165, 1.54) is 6.92 Å². The Morgan fingerprint density at radius 1 is 1.54 bits per heavy atom. The molecular weight excluding hydrogens is 168 g/mol. The van der Waals surface area contributed by atoms with E-state index in [0.29, 0.717) is 0 Å². The van der Waals surface area contributed by atoms with Gasteiger partial charge in [-0.05, 0) is 12.8 Å². The van der Waals surface area contributed by atoms with E-state index in [1.54, 1.807) is 11.8 Å². The van der Waals surface area contributed by atoms with Crippen molar-refractivity contribution in [1.82, 2.24) is 4.90 Å². The van der Waals surface area contributed by atoms with Crippen LogP contribution in [-0.4, -0.2) is 29.3 Å². The number of hydrogen-bond donors (Lipinski definition) is 1. The smallest absolute Gasteiger partial charge is 0.222 e. The molecule has 0 spiro atoms. The Kier molecular flexibility index (Phi) is 2.90. The third kappa shape index (κ3) is 1.99. The van der Waals surface area contributed by atoms with Crippen molar-refractivity contribution in [2.24, 2.45) is 11.7 Å². The molecule has 0 aliphatic carbocycles. The standard InChI is InChI=1S/C9H16N2O2/c1-6(9(10)13)8-4-3-5-11(8)7(2)12/h6,8H,3-5H2,1-2H3,(H2,10,13). The summed E-state index contributed by atoms with van der Waals surface area (Å²) in [4.78, 5) is 23.8. The zero-order valence-electron chi connectivity index (χ0n) is 8.12. The summed E-state index contributed by atoms with van der Waals surface area (Å²) in [6, 6.07) is 0.0231. The lowest BCUT2D eigenvalue weighted by Gasteiger charge is -2.26. The zero-order chi connectivity index (χ0) is 10.0. The summed E-state index contributed by atoms with van der Waals surface area (Å²) in [5.41, 5.74) is 5.20. The minimum Gasteiger partial charge on any atom is -0.369 e. The summed E-state index contributed by atoms with van der Waals surface area (Å²) in [7, 11) is 0. The van der Waals surface area contributed by atoms with Crippen LogP contribution < -0.4 is 5.73 Å². The van der Waals surface area contributed by atoms with Gasteiger partial charge >= 0.3 is 0 Å². The van der Waals surface area contributed by atoms with Crippen LogP contribution in [0.25, 0.3) is 0 Å². The van der Waals surface area contributed by atoms with Crippen LogP contribution in [-0.2, 0) is 9.59 Å². The molecule has 1 heterocycles. The Morgan fingerprint density at radius 2 is 2.15 bits per heavy atom. The second kappa shape index (κ2) is 3.77. The third-order valence-electron chi connectivity index (χ3n) is 2.73. The number of amides is 2. The monoisotopic (exact) mass is 184 g/mol. The van der Waals surface area contributed by atoms with Gasteiger partial charge in [0.15, 0.2) is 0 Å². The Morgan fingerprint density at radius 3 is 2.62 bits per heavy atom. The van der Waals surface area contributed by atoms with E-state index in [2.05, 4.69) is 0 Å². The van der Waals surface area contributed by atoms with Crippen molar-refractivity contribution in [3.05, 3.63) is 0 Å². The summed E-state index contributed by atoms with van der Waals surface area (Å²) in [6.45, 7) is 4.08. The predicted molar refractivity (Wildman–Crippen MR) is 48.8 cm³/mol. The number of rotatable bonds is 2. The number of carbonyl (C=O) groups is 2. The van der Waals surface area contributed by atoms with Gasteiger partial charge in [-0.2, -0.15) is 0 Å². The highest BCUT2D eigenvalue weighted by Crippen LogP contribution is 2.23. The van der Waals surface area contributed by atoms with Crippen molar-refractivity contribution in [2.45, 2.75) is 32.7 Å². The van der Waals surface area contributed by atoms with E-state index in [0.717, 1.165) is 19.4 Å². The Hall–Kier alpha value is -1.06. The molecular formula is C9H16N2O2. The van der Waals surface area contributed by atoms with Gasteiger partial charge in [0.25, 0.3) is 0 Å². The second-order valence-corrected chi connectivity index (χ2v) is 3.61. The minimum atomic E-state index is -0.321. The van der Waals surface area contributed by atoms with Crippen LogP contribution in [0.2, 0.25) is 0 Å². The van der Waals surface area contributed by atoms with Gasteiger partial charge in [-0.25, -0.2) is 0 Å². The molecule has 2 atom stereocenters. The molecule has 0 bridgehead atoms. The van der Waals surface area contributed by atoms with Crippen LogP contribution in [0.3, 0.4) is 0 Å². The van der Waals surface area contributed by atoms with Crippen LogP contribution in [0.4, 0.5) is 0 Å². The van der Waals surface area contributed by atoms with Gasteiger partial charge in [-0.1, -0.05) is 6.92 Å². The molecule has 0 saturated carbocycles. The lowest BCUT2D eigenvalue weighted by atomic mass is 9.99. The normalized spacial score (nSPS) is 24.5. The van der Waals surface area contributed by atoms with Crippen molar-refractivity contribution >= 4 is 11.8 Å². The van der Waals surface area contributed by atoms with Crippen molar-refractivity contribution in [2.75, 3.05) is 6.54 Å². The molecule has 13 heavy (non-hydrogen) atoms. The van der Waals surface area contributed by atoms with Crippen LogP contribution in [0, 0.1) is 5.92 Å². The largest absolute Gasteiger partial charge is 0.369 e. The van der Waals surface area contributed by atoms with E-state index in [-0.39, 0.29) is 23.8 Å². The van der Waals surface area contributed by atoms with Gasteiger partial charge in [-0.15, -0.1) is 0 Å². The molecule has 1 rings (SSSR count). The van der Waals surface area contributed by atoms with Crippen LogP contribution in [0.5, 0.6) is 0 Å². The topological polar surface area (TPSA) is 63.4 Å². The third-order valence-corrected chi connectivity index (χ3v) is 2.73. The fourth-order valence-corrected chi connectivity index (χ4v) is 1.89. The Labute approximate surface area is 78.1 Å². The van der Waals surface area contributed by atoms with E-state index in [4.69, 9.17) is 5.73 Å². The SMILES string of the molecule is CC(=O)N1CCCC1C(C)C(N)=O. The molecule has 1 aliphatic heterocycles. The fourth-order valence-electron chi connectivity index (χ4n) is 1.89. The molecule has 1 fully saturated rings. The summed E-state index contributed by atoms with van der Waals surface area (Å²) >= 11 is 0. The number of primary amides is 1. The maximum Gasteiger partial charge on any atom is 0.222 e. The maximum atomic E-state index is 11.2. The molecule has 0 aromatic carbocycles. The van der Waals surface area contributed by atoms with Crippen molar-refractivity contribution in [3.8, 4) is 0 Å². The average molecular weight is 184 g/mol. The van der Waals surface area contributed by atoms with Crippen molar-refractivity contribution in [1.29, 1.82) is 0 Å². The number of likely N-dealkylation sites (tertiary alicyclic amines) is 1. The molecule has 1 saturated heterocycles. The summed E-state index contributed by atoms with van der Waals surface area (Å²) in [5.74, 6) is -0.514. The van der Waals surface area contributed by atoms with Gasteiger partial charge in [0.05, 0.1) is 5.92 Å². The van der Waals surface area contributed by atoms with Gasteiger partial charge in [0, 0.05) is 19.5 Å². The van der Waals surface area contributed by atoms with E-state index in [9.17, 15) is 9.59 Å². The van der Waals surface area contributed by atoms with Crippen molar-refractivity contribution in [3.63, 3.8) is 0 Å². The van der Waals surface area contributed by atoms with Gasteiger partial charge < -0.3 is 10.6 Å². The molecule has 74 valence electrons. The molecule has 4 nitrogen and oxygen atoms in total. The molecule has 2 amide bonds. The Balaban J connectivity index is 2.68. The number of nitrogens with two attached hydrogens (primary N) is 1. The van der Waals surface area contributed by atoms with E-state index >= 15 is 0 Å². The first-order chi connectivity index (χ1) is 6.04. The summed E-state index contributed by atoms with van der Waals surface area (Å²) in [6.07, 6.45) is 1.87. The lowest BCUT2D eigenvalue weighted by Crippen LogP contribution is -2.42. The van der Waals surface area contributed by atoms with Crippen LogP contribution >= 0.6 is 0 Å². The molecule has 0 radical (unpaired) electrons. The highest BCUT2D eigenvalue weighted by atomic mass is 16.2. The highest BCUT2D eigenvalue weighted by molar-refractivity contribution is 5.79. The Bertz CT molecular complexity index is 228. The van der Waals surface area contributed by atoms with Crippen molar-refractivity contribution < 1.29 is 9.59 Å². The van der Waals surface area contributed by atoms with Gasteiger partial charge in [-0.3, -0.25) is 9.59 Å². The lowest BCUT2D eigenvalue weighted by molar-refractivity contribution is -0.132. The number of carbonyl (C=O) groups excluding carboxylic acids is 2. The zero-order valence-corrected chi connectivity index (χ0v) is 8.12. The molecule has 2 unspecified atom stereocenters. The fraction of sp³-hybridized carbons (Fsp3) is 0.778. The maximum absolute atomic E-state index is 11.2. The number of hydrogen-bond acceptors (Lipinski definition) is 2. The first kappa shape index (κ1) is 10.0.